The lowest BCUT2D eigenvalue weighted by Crippen LogP contribution is -2.06. The van der Waals surface area contributed by atoms with Gasteiger partial charge in [-0.1, -0.05) is 52.3 Å². The lowest BCUT2D eigenvalue weighted by Gasteiger charge is -2.19. The zero-order valence-electron chi connectivity index (χ0n) is 24.9. The van der Waals surface area contributed by atoms with Gasteiger partial charge in [0.15, 0.2) is 11.5 Å². The van der Waals surface area contributed by atoms with Gasteiger partial charge in [0.05, 0.1) is 44.2 Å². The molecule has 7 nitrogen and oxygen atoms in total. The van der Waals surface area contributed by atoms with E-state index in [0.717, 1.165) is 76.2 Å². The molecule has 0 amide bonds. The molecule has 0 radical (unpaired) electrons. The molecule has 4 aromatic carbocycles. The van der Waals surface area contributed by atoms with Crippen molar-refractivity contribution >= 4 is 59.5 Å². The van der Waals surface area contributed by atoms with Gasteiger partial charge in [0.2, 0.25) is 5.75 Å². The fourth-order valence-electron chi connectivity index (χ4n) is 6.61. The van der Waals surface area contributed by atoms with E-state index >= 15 is 0 Å². The van der Waals surface area contributed by atoms with Gasteiger partial charge in [0.25, 0.3) is 0 Å². The summed E-state index contributed by atoms with van der Waals surface area (Å²) in [5.41, 5.74) is 8.97. The Bertz CT molecular complexity index is 2360. The Hall–Kier alpha value is -5.21. The monoisotopic (exact) mass is 656 g/mol. The van der Waals surface area contributed by atoms with Crippen molar-refractivity contribution in [1.29, 1.82) is 0 Å². The molecule has 222 valence electrons. The molecule has 0 saturated heterocycles. The van der Waals surface area contributed by atoms with Crippen molar-refractivity contribution in [3.8, 4) is 28.5 Å². The number of aromatic amines is 3. The van der Waals surface area contributed by atoms with E-state index in [4.69, 9.17) is 19.2 Å². The Morgan fingerprint density at radius 2 is 1.29 bits per heavy atom. The van der Waals surface area contributed by atoms with Crippen molar-refractivity contribution < 1.29 is 14.2 Å². The number of hydrogen-bond donors (Lipinski definition) is 3. The Kier molecular flexibility index (Phi) is 6.53. The lowest BCUT2D eigenvalue weighted by atomic mass is 9.86. The number of para-hydroxylation sites is 2. The van der Waals surface area contributed by atoms with Crippen LogP contribution in [0, 0.1) is 0 Å². The summed E-state index contributed by atoms with van der Waals surface area (Å²) < 4.78 is 18.2. The van der Waals surface area contributed by atoms with Crippen LogP contribution in [-0.4, -0.2) is 41.3 Å². The number of aromatic nitrogens is 4. The van der Waals surface area contributed by atoms with Gasteiger partial charge >= 0.3 is 0 Å². The molecule has 0 aliphatic carbocycles. The molecular weight excluding hydrogens is 628 g/mol. The number of methoxy groups -OCH3 is 3. The summed E-state index contributed by atoms with van der Waals surface area (Å²) in [5, 5.41) is 4.51. The molecule has 4 heterocycles. The van der Waals surface area contributed by atoms with Crippen molar-refractivity contribution in [2.24, 2.45) is 0 Å². The van der Waals surface area contributed by atoms with E-state index in [1.807, 2.05) is 18.2 Å². The Labute approximate surface area is 267 Å². The second-order valence-corrected chi connectivity index (χ2v) is 12.0. The molecule has 4 aromatic heterocycles. The van der Waals surface area contributed by atoms with E-state index in [9.17, 15) is 0 Å². The minimum atomic E-state index is -0.192. The number of fused-ring (bicyclic) bond motifs is 5. The van der Waals surface area contributed by atoms with Gasteiger partial charge in [-0.2, -0.15) is 0 Å². The molecule has 8 heteroatoms. The van der Waals surface area contributed by atoms with Crippen LogP contribution in [0.5, 0.6) is 17.2 Å². The van der Waals surface area contributed by atoms with E-state index < -0.39 is 0 Å². The summed E-state index contributed by atoms with van der Waals surface area (Å²) in [6, 6.07) is 29.3. The van der Waals surface area contributed by atoms with Gasteiger partial charge in [-0.05, 0) is 59.7 Å². The van der Waals surface area contributed by atoms with Crippen LogP contribution < -0.4 is 14.2 Å². The molecule has 8 rings (SSSR count). The second-order valence-electron chi connectivity index (χ2n) is 11.1. The molecular formula is C37H29BrN4O3. The number of rotatable bonds is 7. The number of nitrogens with zero attached hydrogens (tertiary/aromatic N) is 1. The van der Waals surface area contributed by atoms with E-state index in [2.05, 4.69) is 110 Å². The molecule has 0 aliphatic heterocycles. The summed E-state index contributed by atoms with van der Waals surface area (Å²) in [7, 11) is 4.87. The highest BCUT2D eigenvalue weighted by Crippen LogP contribution is 2.45. The van der Waals surface area contributed by atoms with E-state index in [0.29, 0.717) is 17.2 Å². The predicted molar refractivity (Wildman–Crippen MR) is 184 cm³/mol. The largest absolute Gasteiger partial charge is 0.493 e. The third-order valence-corrected chi connectivity index (χ3v) is 9.16. The molecule has 0 fully saturated rings. The van der Waals surface area contributed by atoms with Crippen LogP contribution in [0.15, 0.2) is 102 Å². The topological polar surface area (TPSA) is 88.0 Å². The highest BCUT2D eigenvalue weighted by molar-refractivity contribution is 9.10. The molecule has 1 atom stereocenters. The van der Waals surface area contributed by atoms with Gasteiger partial charge in [-0.15, -0.1) is 0 Å². The first-order valence-electron chi connectivity index (χ1n) is 14.6. The van der Waals surface area contributed by atoms with Crippen molar-refractivity contribution in [2.45, 2.75) is 5.92 Å². The summed E-state index contributed by atoms with van der Waals surface area (Å²) in [5.74, 6) is 1.48. The van der Waals surface area contributed by atoms with Gasteiger partial charge in [-0.3, -0.25) is 0 Å². The number of ether oxygens (including phenoxy) is 3. The second kappa shape index (κ2) is 10.7. The summed E-state index contributed by atoms with van der Waals surface area (Å²) in [6.45, 7) is 0. The molecule has 0 saturated carbocycles. The maximum Gasteiger partial charge on any atom is 0.203 e. The average Bonchev–Trinajstić information content (AvgIpc) is 3.80. The van der Waals surface area contributed by atoms with Gasteiger partial charge in [0, 0.05) is 60.5 Å². The average molecular weight is 658 g/mol. The number of pyridine rings is 1. The highest BCUT2D eigenvalue weighted by atomic mass is 79.9. The van der Waals surface area contributed by atoms with Crippen molar-refractivity contribution in [2.75, 3.05) is 21.3 Å². The lowest BCUT2D eigenvalue weighted by molar-refractivity contribution is 0.324. The van der Waals surface area contributed by atoms with Crippen molar-refractivity contribution in [1.82, 2.24) is 19.9 Å². The maximum absolute atomic E-state index is 5.76. The quantitative estimate of drug-likeness (QED) is 0.159. The van der Waals surface area contributed by atoms with Crippen LogP contribution in [0.1, 0.15) is 22.7 Å². The maximum atomic E-state index is 5.76. The minimum absolute atomic E-state index is 0.192. The minimum Gasteiger partial charge on any atom is -0.493 e. The smallest absolute Gasteiger partial charge is 0.203 e. The number of halogens is 1. The van der Waals surface area contributed by atoms with Crippen molar-refractivity contribution in [3.05, 3.63) is 119 Å². The van der Waals surface area contributed by atoms with Crippen LogP contribution >= 0.6 is 15.9 Å². The van der Waals surface area contributed by atoms with E-state index in [1.54, 1.807) is 21.3 Å². The molecule has 0 aliphatic rings. The molecule has 0 bridgehead atoms. The van der Waals surface area contributed by atoms with Gasteiger partial charge in [0.1, 0.15) is 0 Å². The molecule has 1 unspecified atom stereocenters. The normalized spacial score (nSPS) is 12.4. The van der Waals surface area contributed by atoms with Crippen LogP contribution in [0.25, 0.3) is 54.9 Å². The molecule has 0 spiro atoms. The van der Waals surface area contributed by atoms with Crippen LogP contribution in [0.3, 0.4) is 0 Å². The first-order chi connectivity index (χ1) is 22.1. The fraction of sp³-hybridized carbons (Fsp3) is 0.108. The molecule has 3 N–H and O–H groups in total. The number of H-pyrrole nitrogens is 3. The SMILES string of the molecule is COc1cc(-c2nc(C(c3c[nH]c4ccccc34)c3c[nH]c4ccc(Br)cc34)cc3c2[nH]c2ccccc23)cc(OC)c1OC. The number of benzene rings is 4. The number of hydrogen-bond acceptors (Lipinski definition) is 4. The fourth-order valence-corrected chi connectivity index (χ4v) is 6.97. The highest BCUT2D eigenvalue weighted by Gasteiger charge is 2.27. The zero-order chi connectivity index (χ0) is 30.7. The van der Waals surface area contributed by atoms with E-state index in [1.165, 1.54) is 0 Å². The third-order valence-electron chi connectivity index (χ3n) is 8.67. The first-order valence-corrected chi connectivity index (χ1v) is 15.4. The predicted octanol–water partition coefficient (Wildman–Crippen LogP) is 9.31. The molecule has 8 aromatic rings. The van der Waals surface area contributed by atoms with Gasteiger partial charge < -0.3 is 29.2 Å². The molecule has 45 heavy (non-hydrogen) atoms. The Balaban J connectivity index is 1.48. The number of nitrogens with one attached hydrogen (secondary N) is 3. The Morgan fingerprint density at radius 1 is 0.644 bits per heavy atom. The van der Waals surface area contributed by atoms with Crippen LogP contribution in [0.2, 0.25) is 0 Å². The van der Waals surface area contributed by atoms with Crippen molar-refractivity contribution in [3.63, 3.8) is 0 Å². The first kappa shape index (κ1) is 27.3. The van der Waals surface area contributed by atoms with Crippen LogP contribution in [-0.2, 0) is 0 Å². The Morgan fingerprint density at radius 3 is 2.00 bits per heavy atom. The van der Waals surface area contributed by atoms with Gasteiger partial charge in [-0.25, -0.2) is 4.98 Å². The summed E-state index contributed by atoms with van der Waals surface area (Å²) in [4.78, 5) is 16.2. The van der Waals surface area contributed by atoms with Crippen LogP contribution in [0.4, 0.5) is 0 Å². The summed E-state index contributed by atoms with van der Waals surface area (Å²) >= 11 is 3.71. The standard InChI is InChI=1S/C37H29BrN4O3/c1-43-32-14-20(15-33(44-2)37(32)45-3)35-36-25(22-8-5-7-11-30(22)41-36)17-31(42-35)34(26-18-39-28-10-6-4-9-23(26)28)27-19-40-29-13-12-21(38)16-24(27)29/h4-19,34,39-41H,1-3H3. The van der Waals surface area contributed by atoms with E-state index in [-0.39, 0.29) is 5.92 Å². The zero-order valence-corrected chi connectivity index (χ0v) is 26.5. The summed E-state index contributed by atoms with van der Waals surface area (Å²) in [6.07, 6.45) is 4.23. The third kappa shape index (κ3) is 4.36.